The lowest BCUT2D eigenvalue weighted by Gasteiger charge is -2.22. The molecule has 0 spiro atoms. The van der Waals surface area contributed by atoms with E-state index in [9.17, 15) is 28.8 Å². The molecule has 0 saturated heterocycles. The third-order valence-electron chi connectivity index (χ3n) is 7.83. The summed E-state index contributed by atoms with van der Waals surface area (Å²) >= 11 is 0. The quantitative estimate of drug-likeness (QED) is 0.160. The number of fused-ring (bicyclic) bond motifs is 1. The van der Waals surface area contributed by atoms with Gasteiger partial charge in [0.05, 0.1) is 17.8 Å². The normalized spacial score (nSPS) is 13.3. The molecular weight excluding hydrogens is 602 g/mol. The average Bonchev–Trinajstić information content (AvgIpc) is 3.08. The van der Waals surface area contributed by atoms with Crippen molar-refractivity contribution < 1.29 is 24.0 Å². The van der Waals surface area contributed by atoms with Crippen LogP contribution < -0.4 is 26.8 Å². The van der Waals surface area contributed by atoms with Crippen LogP contribution in [0.2, 0.25) is 0 Å². The lowest BCUT2D eigenvalue weighted by molar-refractivity contribution is -0.138. The van der Waals surface area contributed by atoms with Crippen molar-refractivity contribution in [2.45, 2.75) is 83.8 Å². The number of hydrogen-bond donors (Lipinski definition) is 4. The number of rotatable bonds is 13. The Morgan fingerprint density at radius 2 is 1.87 bits per heavy atom. The lowest BCUT2D eigenvalue weighted by Crippen LogP contribution is -2.46. The van der Waals surface area contributed by atoms with Gasteiger partial charge < -0.3 is 30.6 Å². The minimum Gasteiger partial charge on any atom is -0.392 e. The first-order chi connectivity index (χ1) is 22.6. The van der Waals surface area contributed by atoms with Gasteiger partial charge in [0.25, 0.3) is 17.4 Å². The van der Waals surface area contributed by atoms with Crippen LogP contribution in [0.3, 0.4) is 0 Å². The van der Waals surface area contributed by atoms with Gasteiger partial charge >= 0.3 is 0 Å². The van der Waals surface area contributed by atoms with Crippen LogP contribution >= 0.6 is 0 Å². The highest BCUT2D eigenvalue weighted by atomic mass is 16.2. The second kappa shape index (κ2) is 18.1. The molecule has 13 heteroatoms. The summed E-state index contributed by atoms with van der Waals surface area (Å²) in [5, 5.41) is 11.4. The molecule has 13 nitrogen and oxygen atoms in total. The molecule has 1 unspecified atom stereocenters. The van der Waals surface area contributed by atoms with Gasteiger partial charge in [-0.25, -0.2) is 9.97 Å². The molecule has 1 saturated carbocycles. The zero-order valence-corrected chi connectivity index (χ0v) is 27.1. The Hall–Kier alpha value is -5.20. The summed E-state index contributed by atoms with van der Waals surface area (Å²) in [5.41, 5.74) is 1.43. The van der Waals surface area contributed by atoms with Crippen LogP contribution in [0.4, 0.5) is 5.69 Å². The van der Waals surface area contributed by atoms with E-state index in [4.69, 9.17) is 0 Å². The Kier molecular flexibility index (Phi) is 13.9. The maximum Gasteiger partial charge on any atom is 0.287 e. The molecule has 1 atom stereocenters. The van der Waals surface area contributed by atoms with Crippen LogP contribution in [-0.4, -0.2) is 63.5 Å². The number of nitrogens with zero attached hydrogens (tertiary/aromatic N) is 3. The van der Waals surface area contributed by atoms with E-state index in [1.165, 1.54) is 18.3 Å². The molecule has 4 N–H and O–H groups in total. The highest BCUT2D eigenvalue weighted by Crippen LogP contribution is 2.18. The van der Waals surface area contributed by atoms with E-state index >= 15 is 0 Å². The standard InChI is InChI=1S/C29H32N6O6.C5H11N/c1-18-21(17-19-7-5-13-30-25(19)31-18)26(38)33-22(11-12-24(37)28(40)32-20-8-3-2-4-9-20)27(39)34-23-10-6-14-35(15-16-36)29(23)41;1-4-5(2)6-3/h5-7,10,13-14,16-17,20,22H,2-4,8-9,11-12,15H2,1H3,(H,32,40)(H,33,38)(H,34,39);6H,2,4H2,1,3H3. The Labute approximate surface area is 273 Å². The average molecular weight is 646 g/mol. The first kappa shape index (κ1) is 36.3. The highest BCUT2D eigenvalue weighted by Gasteiger charge is 2.27. The maximum atomic E-state index is 13.3. The summed E-state index contributed by atoms with van der Waals surface area (Å²) in [6.45, 7) is 7.19. The fourth-order valence-corrected chi connectivity index (χ4v) is 4.98. The second-order valence-corrected chi connectivity index (χ2v) is 11.2. The summed E-state index contributed by atoms with van der Waals surface area (Å²) in [7, 11) is 1.88. The van der Waals surface area contributed by atoms with E-state index in [1.807, 2.05) is 7.05 Å². The Morgan fingerprint density at radius 3 is 2.53 bits per heavy atom. The van der Waals surface area contributed by atoms with Crippen molar-refractivity contribution in [1.82, 2.24) is 30.5 Å². The van der Waals surface area contributed by atoms with Gasteiger partial charge in [0, 0.05) is 43.0 Å². The number of nitrogens with one attached hydrogen (secondary N) is 4. The summed E-state index contributed by atoms with van der Waals surface area (Å²) in [5.74, 6) is -2.80. The molecule has 250 valence electrons. The third kappa shape index (κ3) is 10.7. The number of amides is 3. The first-order valence-corrected chi connectivity index (χ1v) is 15.7. The number of aromatic nitrogens is 3. The smallest absolute Gasteiger partial charge is 0.287 e. The van der Waals surface area contributed by atoms with Crippen LogP contribution in [0.15, 0.2) is 59.8 Å². The molecule has 0 aromatic carbocycles. The Morgan fingerprint density at radius 1 is 1.13 bits per heavy atom. The molecule has 47 heavy (non-hydrogen) atoms. The monoisotopic (exact) mass is 645 g/mol. The molecule has 3 heterocycles. The number of Topliss-reactive ketones (excluding diaryl/α,β-unsaturated/α-hetero) is 1. The van der Waals surface area contributed by atoms with Crippen molar-refractivity contribution in [2.75, 3.05) is 12.4 Å². The van der Waals surface area contributed by atoms with Crippen molar-refractivity contribution in [3.8, 4) is 0 Å². The van der Waals surface area contributed by atoms with E-state index in [-0.39, 0.29) is 36.7 Å². The van der Waals surface area contributed by atoms with Crippen LogP contribution in [0.5, 0.6) is 0 Å². The number of hydrogen-bond acceptors (Lipinski definition) is 9. The Bertz CT molecular complexity index is 1660. The molecule has 0 bridgehead atoms. The fraction of sp³-hybridized carbons (Fsp3) is 0.412. The summed E-state index contributed by atoms with van der Waals surface area (Å²) in [6, 6.07) is 6.60. The van der Waals surface area contributed by atoms with Crippen molar-refractivity contribution in [1.29, 1.82) is 0 Å². The van der Waals surface area contributed by atoms with Gasteiger partial charge in [-0.05, 0) is 62.9 Å². The number of carbonyl (C=O) groups excluding carboxylic acids is 5. The molecule has 3 amide bonds. The molecule has 3 aromatic heterocycles. The number of aryl methyl sites for hydroxylation is 1. The minimum absolute atomic E-state index is 0.0523. The summed E-state index contributed by atoms with van der Waals surface area (Å²) < 4.78 is 1.12. The van der Waals surface area contributed by atoms with Crippen LogP contribution in [0, 0.1) is 6.92 Å². The molecule has 1 aliphatic rings. The fourth-order valence-electron chi connectivity index (χ4n) is 4.98. The molecule has 4 rings (SSSR count). The Balaban J connectivity index is 0.000000913. The zero-order valence-electron chi connectivity index (χ0n) is 27.1. The summed E-state index contributed by atoms with van der Waals surface area (Å²) in [4.78, 5) is 83.9. The van der Waals surface area contributed by atoms with Gasteiger partial charge in [-0.3, -0.25) is 24.0 Å². The molecule has 0 aliphatic heterocycles. The number of aldehydes is 1. The van der Waals surface area contributed by atoms with Gasteiger partial charge in [0.15, 0.2) is 5.65 Å². The number of anilines is 1. The number of pyridine rings is 3. The molecular formula is C34H43N7O6. The minimum atomic E-state index is -1.27. The van der Waals surface area contributed by atoms with Gasteiger partial charge in [-0.15, -0.1) is 0 Å². The molecule has 1 aliphatic carbocycles. The highest BCUT2D eigenvalue weighted by molar-refractivity contribution is 6.36. The van der Waals surface area contributed by atoms with Crippen molar-refractivity contribution >= 4 is 46.5 Å². The van der Waals surface area contributed by atoms with Crippen LogP contribution in [0.25, 0.3) is 11.0 Å². The van der Waals surface area contributed by atoms with Crippen molar-refractivity contribution in [3.63, 3.8) is 0 Å². The van der Waals surface area contributed by atoms with Gasteiger partial charge in [0.2, 0.25) is 11.7 Å². The third-order valence-corrected chi connectivity index (χ3v) is 7.83. The van der Waals surface area contributed by atoms with Crippen LogP contribution in [0.1, 0.15) is 74.3 Å². The summed E-state index contributed by atoms with van der Waals surface area (Å²) in [6.07, 6.45) is 8.77. The topological polar surface area (TPSA) is 181 Å². The lowest BCUT2D eigenvalue weighted by atomic mass is 9.95. The first-order valence-electron chi connectivity index (χ1n) is 15.7. The second-order valence-electron chi connectivity index (χ2n) is 11.2. The van der Waals surface area contributed by atoms with Gasteiger partial charge in [-0.2, -0.15) is 0 Å². The van der Waals surface area contributed by atoms with Gasteiger partial charge in [-0.1, -0.05) is 32.8 Å². The van der Waals surface area contributed by atoms with E-state index in [0.29, 0.717) is 23.0 Å². The number of carbonyl (C=O) groups is 5. The van der Waals surface area contributed by atoms with Gasteiger partial charge in [0.1, 0.15) is 18.0 Å². The largest absolute Gasteiger partial charge is 0.392 e. The number of ketones is 1. The van der Waals surface area contributed by atoms with E-state index < -0.39 is 35.1 Å². The SMILES string of the molecule is C=C(CC)NC.Cc1nc2ncccc2cc1C(=O)NC(CCC(=O)C(=O)NC1CCCCC1)C(=O)Nc1cccn(CC=O)c1=O. The molecule has 1 fully saturated rings. The molecule has 3 aromatic rings. The van der Waals surface area contributed by atoms with Crippen molar-refractivity contribution in [2.24, 2.45) is 0 Å². The number of allylic oxidation sites excluding steroid dienone is 1. The maximum absolute atomic E-state index is 13.3. The van der Waals surface area contributed by atoms with E-state index in [1.54, 1.807) is 31.3 Å². The molecule has 0 radical (unpaired) electrons. The predicted molar refractivity (Wildman–Crippen MR) is 179 cm³/mol. The zero-order chi connectivity index (χ0) is 34.3. The van der Waals surface area contributed by atoms with E-state index in [0.717, 1.165) is 48.8 Å². The van der Waals surface area contributed by atoms with Crippen molar-refractivity contribution in [3.05, 3.63) is 76.6 Å². The van der Waals surface area contributed by atoms with E-state index in [2.05, 4.69) is 44.7 Å². The predicted octanol–water partition coefficient (Wildman–Crippen LogP) is 2.96. The van der Waals surface area contributed by atoms with Crippen LogP contribution in [-0.2, 0) is 25.7 Å².